The van der Waals surface area contributed by atoms with Gasteiger partial charge in [-0.1, -0.05) is 13.8 Å². The van der Waals surface area contributed by atoms with Crippen LogP contribution in [0.1, 0.15) is 19.4 Å². The number of rotatable bonds is 13. The number of hydrogen-bond donors (Lipinski definition) is 2. The minimum absolute atomic E-state index is 0.380. The van der Waals surface area contributed by atoms with E-state index in [0.29, 0.717) is 18.3 Å². The van der Waals surface area contributed by atoms with Crippen LogP contribution in [-0.4, -0.2) is 67.3 Å². The first kappa shape index (κ1) is 28.1. The van der Waals surface area contributed by atoms with E-state index < -0.39 is 10.8 Å². The summed E-state index contributed by atoms with van der Waals surface area (Å²) in [6.07, 6.45) is 6.70. The Hall–Kier alpha value is -3.43. The maximum absolute atomic E-state index is 11.3. The van der Waals surface area contributed by atoms with Crippen LogP contribution in [0.25, 0.3) is 16.5 Å². The second-order valence-corrected chi connectivity index (χ2v) is 10.4. The predicted octanol–water partition coefficient (Wildman–Crippen LogP) is 4.14. The van der Waals surface area contributed by atoms with Crippen LogP contribution in [0.15, 0.2) is 59.9 Å². The molecular formula is C28H37N5O3S. The van der Waals surface area contributed by atoms with E-state index in [1.54, 1.807) is 32.9 Å². The standard InChI is InChI=1S/C28H37N5O3S/c1-20(2)31-8-10-33(25-14-26(35-3)16-27(15-25)36-4)24-6-7-28-21(13-24)12-22(19-32-28)23(17-29)18-30-9-11-37(5)34/h6-7,12-20,31H,8-11,29H2,1-5H3. The smallest absolute Gasteiger partial charge is 0.124 e. The Morgan fingerprint density at radius 3 is 2.49 bits per heavy atom. The van der Waals surface area contributed by atoms with Crippen molar-refractivity contribution in [3.8, 4) is 11.5 Å². The highest BCUT2D eigenvalue weighted by molar-refractivity contribution is 7.84. The van der Waals surface area contributed by atoms with Gasteiger partial charge in [-0.3, -0.25) is 14.2 Å². The van der Waals surface area contributed by atoms with Crippen molar-refractivity contribution in [2.24, 2.45) is 10.7 Å². The first-order valence-electron chi connectivity index (χ1n) is 12.2. The number of aromatic nitrogens is 1. The van der Waals surface area contributed by atoms with Gasteiger partial charge in [-0.05, 0) is 24.3 Å². The van der Waals surface area contributed by atoms with Crippen LogP contribution >= 0.6 is 0 Å². The molecule has 0 aliphatic rings. The molecule has 3 aromatic rings. The average Bonchev–Trinajstić information content (AvgIpc) is 2.90. The van der Waals surface area contributed by atoms with Crippen molar-refractivity contribution in [2.75, 3.05) is 50.8 Å². The van der Waals surface area contributed by atoms with Gasteiger partial charge >= 0.3 is 0 Å². The van der Waals surface area contributed by atoms with Crippen LogP contribution in [0.2, 0.25) is 0 Å². The Labute approximate surface area is 222 Å². The van der Waals surface area contributed by atoms with Gasteiger partial charge in [0.05, 0.1) is 26.3 Å². The molecule has 0 amide bonds. The van der Waals surface area contributed by atoms with Gasteiger partial charge in [-0.2, -0.15) is 0 Å². The van der Waals surface area contributed by atoms with Crippen LogP contribution < -0.4 is 25.4 Å². The lowest BCUT2D eigenvalue weighted by molar-refractivity contribution is 0.394. The van der Waals surface area contributed by atoms with Crippen molar-refractivity contribution in [1.29, 1.82) is 0 Å². The summed E-state index contributed by atoms with van der Waals surface area (Å²) >= 11 is 0. The van der Waals surface area contributed by atoms with Crippen molar-refractivity contribution >= 4 is 44.9 Å². The number of nitrogens with zero attached hydrogens (tertiary/aromatic N) is 3. The van der Waals surface area contributed by atoms with Crippen molar-refractivity contribution < 1.29 is 13.7 Å². The number of pyridine rings is 1. The first-order chi connectivity index (χ1) is 17.8. The Kier molecular flexibility index (Phi) is 10.5. The molecule has 0 saturated carbocycles. The van der Waals surface area contributed by atoms with Crippen LogP contribution in [0.4, 0.5) is 11.4 Å². The number of hydrogen-bond acceptors (Lipinski definition) is 8. The van der Waals surface area contributed by atoms with Gasteiger partial charge in [0, 0.05) is 107 Å². The number of nitrogens with two attached hydrogens (primary N) is 1. The maximum Gasteiger partial charge on any atom is 0.124 e. The summed E-state index contributed by atoms with van der Waals surface area (Å²) in [5.74, 6) is 1.97. The first-order valence-corrected chi connectivity index (χ1v) is 13.9. The highest BCUT2D eigenvalue weighted by atomic mass is 32.2. The van der Waals surface area contributed by atoms with Crippen LogP contribution in [-0.2, 0) is 10.8 Å². The SMILES string of the molecule is COc1cc(OC)cc(N(CCNC(C)C)c2ccc3ncc(C(C=NCCS(C)=O)=CN)cc3c2)c1. The Balaban J connectivity index is 1.99. The second-order valence-electron chi connectivity index (χ2n) is 8.87. The lowest BCUT2D eigenvalue weighted by atomic mass is 10.1. The minimum atomic E-state index is -0.880. The summed E-state index contributed by atoms with van der Waals surface area (Å²) in [5, 5.41) is 4.48. The number of aliphatic imine (C=N–C) groups is 1. The van der Waals surface area contributed by atoms with Crippen LogP contribution in [0.3, 0.4) is 0 Å². The Morgan fingerprint density at radius 2 is 1.86 bits per heavy atom. The molecule has 0 saturated heterocycles. The maximum atomic E-state index is 11.3. The molecule has 8 nitrogen and oxygen atoms in total. The van der Waals surface area contributed by atoms with Gasteiger partial charge in [-0.25, -0.2) is 0 Å². The predicted molar refractivity (Wildman–Crippen MR) is 156 cm³/mol. The molecule has 1 atom stereocenters. The molecular weight excluding hydrogens is 486 g/mol. The Morgan fingerprint density at radius 1 is 1.14 bits per heavy atom. The van der Waals surface area contributed by atoms with Crippen LogP contribution in [0, 0.1) is 0 Å². The van der Waals surface area contributed by atoms with Gasteiger partial charge in [-0.15, -0.1) is 0 Å². The summed E-state index contributed by atoms with van der Waals surface area (Å²) in [7, 11) is 2.43. The van der Waals surface area contributed by atoms with E-state index in [9.17, 15) is 4.21 Å². The number of allylic oxidation sites excluding steroid dienone is 1. The van der Waals surface area contributed by atoms with E-state index in [1.165, 1.54) is 6.20 Å². The molecule has 2 aromatic carbocycles. The van der Waals surface area contributed by atoms with E-state index in [4.69, 9.17) is 15.2 Å². The van der Waals surface area contributed by atoms with Gasteiger partial charge in [0.1, 0.15) is 11.5 Å². The molecule has 0 aliphatic carbocycles. The molecule has 0 spiro atoms. The highest BCUT2D eigenvalue weighted by Gasteiger charge is 2.14. The largest absolute Gasteiger partial charge is 0.497 e. The normalized spacial score (nSPS) is 12.9. The van der Waals surface area contributed by atoms with E-state index >= 15 is 0 Å². The number of benzene rings is 2. The Bertz CT molecular complexity index is 1250. The zero-order valence-electron chi connectivity index (χ0n) is 22.2. The molecule has 3 rings (SSSR count). The van der Waals surface area contributed by atoms with E-state index in [-0.39, 0.29) is 0 Å². The molecule has 0 bridgehead atoms. The third-order valence-corrected chi connectivity index (χ3v) is 6.52. The van der Waals surface area contributed by atoms with Crippen molar-refractivity contribution in [2.45, 2.75) is 19.9 Å². The quantitative estimate of drug-likeness (QED) is 0.325. The fourth-order valence-corrected chi connectivity index (χ4v) is 4.19. The molecule has 198 valence electrons. The lowest BCUT2D eigenvalue weighted by Gasteiger charge is -2.27. The van der Waals surface area contributed by atoms with Gasteiger partial charge in [0.2, 0.25) is 0 Å². The number of methoxy groups -OCH3 is 2. The molecule has 37 heavy (non-hydrogen) atoms. The summed E-state index contributed by atoms with van der Waals surface area (Å²) < 4.78 is 22.3. The molecule has 3 N–H and O–H groups in total. The molecule has 0 fully saturated rings. The van der Waals surface area contributed by atoms with Gasteiger partial charge in [0.15, 0.2) is 0 Å². The average molecular weight is 524 g/mol. The minimum Gasteiger partial charge on any atom is -0.497 e. The highest BCUT2D eigenvalue weighted by Crippen LogP contribution is 2.34. The zero-order valence-corrected chi connectivity index (χ0v) is 23.0. The van der Waals surface area contributed by atoms with Crippen LogP contribution in [0.5, 0.6) is 11.5 Å². The number of nitrogens with one attached hydrogen (secondary N) is 1. The van der Waals surface area contributed by atoms with E-state index in [1.807, 2.05) is 24.3 Å². The molecule has 1 heterocycles. The van der Waals surface area contributed by atoms with Crippen molar-refractivity contribution in [3.05, 3.63) is 60.4 Å². The molecule has 1 aromatic heterocycles. The van der Waals surface area contributed by atoms with E-state index in [0.717, 1.165) is 58.0 Å². The number of anilines is 2. The molecule has 0 aliphatic heterocycles. The third-order valence-electron chi connectivity index (χ3n) is 5.76. The summed E-state index contributed by atoms with van der Waals surface area (Å²) in [5.41, 5.74) is 10.4. The topological polar surface area (TPSA) is 102 Å². The van der Waals surface area contributed by atoms with Gasteiger partial charge in [0.25, 0.3) is 0 Å². The van der Waals surface area contributed by atoms with E-state index in [2.05, 4.69) is 52.2 Å². The monoisotopic (exact) mass is 523 g/mol. The zero-order chi connectivity index (χ0) is 26.8. The second kappa shape index (κ2) is 13.8. The molecule has 9 heteroatoms. The fraction of sp³-hybridized carbons (Fsp3) is 0.357. The van der Waals surface area contributed by atoms with Gasteiger partial charge < -0.3 is 25.4 Å². The summed E-state index contributed by atoms with van der Waals surface area (Å²) in [4.78, 5) is 11.2. The summed E-state index contributed by atoms with van der Waals surface area (Å²) in [6.45, 7) is 6.29. The van der Waals surface area contributed by atoms with Crippen molar-refractivity contribution in [3.63, 3.8) is 0 Å². The number of fused-ring (bicyclic) bond motifs is 1. The summed E-state index contributed by atoms with van der Waals surface area (Å²) in [6, 6.07) is 14.5. The van der Waals surface area contributed by atoms with Crippen molar-refractivity contribution in [1.82, 2.24) is 10.3 Å². The fourth-order valence-electron chi connectivity index (χ4n) is 3.82. The third kappa shape index (κ3) is 8.03. The molecule has 0 radical (unpaired) electrons. The molecule has 1 unspecified atom stereocenters. The number of ether oxygens (including phenoxy) is 2. The lowest BCUT2D eigenvalue weighted by Crippen LogP contribution is -2.32.